The van der Waals surface area contributed by atoms with E-state index in [1.807, 2.05) is 0 Å². The van der Waals surface area contributed by atoms with Gasteiger partial charge in [-0.3, -0.25) is 14.9 Å². The summed E-state index contributed by atoms with van der Waals surface area (Å²) in [5.41, 5.74) is 1.01. The standard InChI is InChI=1S/C17H19N3O5S/c1-12-15(20(22)23)5-4-6-16(12)26(24,25)19(3)11-13-7-9-14(10-8-13)17(21)18-2/h4-10H,11H2,1-3H3,(H,18,21). The second-order valence-electron chi connectivity index (χ2n) is 5.69. The maximum Gasteiger partial charge on any atom is 0.273 e. The smallest absolute Gasteiger partial charge is 0.273 e. The summed E-state index contributed by atoms with van der Waals surface area (Å²) in [6.07, 6.45) is 0. The molecule has 2 aromatic carbocycles. The minimum absolute atomic E-state index is 0.0679. The first kappa shape index (κ1) is 19.5. The van der Waals surface area contributed by atoms with Crippen LogP contribution in [0.2, 0.25) is 0 Å². The van der Waals surface area contributed by atoms with Gasteiger partial charge in [-0.15, -0.1) is 0 Å². The van der Waals surface area contributed by atoms with E-state index in [9.17, 15) is 23.3 Å². The first-order chi connectivity index (χ1) is 12.2. The summed E-state index contributed by atoms with van der Waals surface area (Å²) in [6.45, 7) is 1.48. The molecule has 26 heavy (non-hydrogen) atoms. The molecule has 0 bridgehead atoms. The predicted molar refractivity (Wildman–Crippen MR) is 96.3 cm³/mol. The maximum atomic E-state index is 12.8. The van der Waals surface area contributed by atoms with Crippen LogP contribution < -0.4 is 5.32 Å². The number of nitro benzene ring substituents is 1. The molecule has 0 heterocycles. The number of rotatable bonds is 6. The van der Waals surface area contributed by atoms with Crippen LogP contribution in [0, 0.1) is 17.0 Å². The molecule has 2 rings (SSSR count). The number of sulfonamides is 1. The molecule has 0 fully saturated rings. The number of amides is 1. The highest BCUT2D eigenvalue weighted by Gasteiger charge is 2.26. The fourth-order valence-corrected chi connectivity index (χ4v) is 3.89. The number of nitro groups is 1. The Kier molecular flexibility index (Phi) is 5.73. The van der Waals surface area contributed by atoms with Gasteiger partial charge in [0.2, 0.25) is 10.0 Å². The Hall–Kier alpha value is -2.78. The van der Waals surface area contributed by atoms with Crippen LogP contribution in [-0.2, 0) is 16.6 Å². The largest absolute Gasteiger partial charge is 0.355 e. The van der Waals surface area contributed by atoms with Gasteiger partial charge in [-0.2, -0.15) is 4.31 Å². The minimum atomic E-state index is -3.91. The average molecular weight is 377 g/mol. The summed E-state index contributed by atoms with van der Waals surface area (Å²) in [4.78, 5) is 21.9. The lowest BCUT2D eigenvalue weighted by Crippen LogP contribution is -2.27. The molecule has 0 aliphatic heterocycles. The number of nitrogens with zero attached hydrogens (tertiary/aromatic N) is 2. The van der Waals surface area contributed by atoms with Gasteiger partial charge < -0.3 is 5.32 Å². The Bertz CT molecular complexity index is 939. The molecule has 9 heteroatoms. The lowest BCUT2D eigenvalue weighted by Gasteiger charge is -2.18. The van der Waals surface area contributed by atoms with E-state index >= 15 is 0 Å². The molecule has 0 unspecified atom stereocenters. The molecule has 0 aliphatic rings. The molecule has 0 spiro atoms. The van der Waals surface area contributed by atoms with Crippen molar-refractivity contribution in [1.29, 1.82) is 0 Å². The Balaban J connectivity index is 2.29. The van der Waals surface area contributed by atoms with Crippen molar-refractivity contribution in [2.75, 3.05) is 14.1 Å². The van der Waals surface area contributed by atoms with Gasteiger partial charge in [0, 0.05) is 37.8 Å². The van der Waals surface area contributed by atoms with Gasteiger partial charge in [0.25, 0.3) is 11.6 Å². The molecule has 8 nitrogen and oxygen atoms in total. The van der Waals surface area contributed by atoms with E-state index < -0.39 is 14.9 Å². The number of carbonyl (C=O) groups excluding carboxylic acids is 1. The third-order valence-corrected chi connectivity index (χ3v) is 5.94. The molecular formula is C17H19N3O5S. The quantitative estimate of drug-likeness (QED) is 0.612. The highest BCUT2D eigenvalue weighted by Crippen LogP contribution is 2.27. The van der Waals surface area contributed by atoms with Crippen LogP contribution in [-0.4, -0.2) is 37.6 Å². The van der Waals surface area contributed by atoms with Gasteiger partial charge in [0.15, 0.2) is 0 Å². The molecule has 1 amide bonds. The van der Waals surface area contributed by atoms with E-state index in [4.69, 9.17) is 0 Å². The van der Waals surface area contributed by atoms with Gasteiger partial charge in [0.1, 0.15) is 0 Å². The van der Waals surface area contributed by atoms with Crippen molar-refractivity contribution in [3.63, 3.8) is 0 Å². The number of hydrogen-bond donors (Lipinski definition) is 1. The number of carbonyl (C=O) groups is 1. The number of benzene rings is 2. The Morgan fingerprint density at radius 3 is 2.35 bits per heavy atom. The normalized spacial score (nSPS) is 11.4. The minimum Gasteiger partial charge on any atom is -0.355 e. The molecule has 0 aliphatic carbocycles. The van der Waals surface area contributed by atoms with Crippen LogP contribution in [0.1, 0.15) is 21.5 Å². The molecule has 138 valence electrons. The van der Waals surface area contributed by atoms with Crippen molar-refractivity contribution in [3.8, 4) is 0 Å². The average Bonchev–Trinajstić information content (AvgIpc) is 2.61. The molecular weight excluding hydrogens is 358 g/mol. The molecule has 2 aromatic rings. The number of nitrogens with one attached hydrogen (secondary N) is 1. The van der Waals surface area contributed by atoms with Crippen molar-refractivity contribution in [2.45, 2.75) is 18.4 Å². The molecule has 0 aromatic heterocycles. The maximum absolute atomic E-state index is 12.8. The van der Waals surface area contributed by atoms with E-state index in [1.165, 1.54) is 39.2 Å². The van der Waals surface area contributed by atoms with Crippen LogP contribution in [0.4, 0.5) is 5.69 Å². The lowest BCUT2D eigenvalue weighted by atomic mass is 10.1. The Morgan fingerprint density at radius 1 is 1.19 bits per heavy atom. The second kappa shape index (κ2) is 7.63. The summed E-state index contributed by atoms with van der Waals surface area (Å²) in [6, 6.07) is 10.5. The van der Waals surface area contributed by atoms with Crippen LogP contribution in [0.15, 0.2) is 47.4 Å². The molecule has 0 saturated heterocycles. The Morgan fingerprint density at radius 2 is 1.81 bits per heavy atom. The van der Waals surface area contributed by atoms with Gasteiger partial charge >= 0.3 is 0 Å². The predicted octanol–water partition coefficient (Wildman–Crippen LogP) is 2.08. The summed E-state index contributed by atoms with van der Waals surface area (Å²) >= 11 is 0. The summed E-state index contributed by atoms with van der Waals surface area (Å²) < 4.78 is 26.7. The third kappa shape index (κ3) is 3.89. The fourth-order valence-electron chi connectivity index (χ4n) is 2.50. The van der Waals surface area contributed by atoms with E-state index in [-0.39, 0.29) is 28.6 Å². The van der Waals surface area contributed by atoms with Crippen molar-refractivity contribution in [2.24, 2.45) is 0 Å². The zero-order valence-electron chi connectivity index (χ0n) is 14.6. The van der Waals surface area contributed by atoms with E-state index in [1.54, 1.807) is 24.3 Å². The van der Waals surface area contributed by atoms with Crippen molar-refractivity contribution < 1.29 is 18.1 Å². The molecule has 0 saturated carbocycles. The summed E-state index contributed by atoms with van der Waals surface area (Å²) in [7, 11) is -0.977. The van der Waals surface area contributed by atoms with Crippen molar-refractivity contribution >= 4 is 21.6 Å². The highest BCUT2D eigenvalue weighted by molar-refractivity contribution is 7.89. The fraction of sp³-hybridized carbons (Fsp3) is 0.235. The zero-order chi connectivity index (χ0) is 19.5. The third-order valence-electron chi connectivity index (χ3n) is 3.99. The van der Waals surface area contributed by atoms with E-state index in [0.717, 1.165) is 4.31 Å². The highest BCUT2D eigenvalue weighted by atomic mass is 32.2. The second-order valence-corrected chi connectivity index (χ2v) is 7.71. The van der Waals surface area contributed by atoms with E-state index in [0.29, 0.717) is 11.1 Å². The van der Waals surface area contributed by atoms with Crippen LogP contribution in [0.25, 0.3) is 0 Å². The van der Waals surface area contributed by atoms with E-state index in [2.05, 4.69) is 5.32 Å². The van der Waals surface area contributed by atoms with Gasteiger partial charge in [-0.05, 0) is 30.7 Å². The van der Waals surface area contributed by atoms with Crippen LogP contribution in [0.3, 0.4) is 0 Å². The molecule has 0 atom stereocenters. The molecule has 1 N–H and O–H groups in total. The first-order valence-electron chi connectivity index (χ1n) is 7.70. The molecule has 0 radical (unpaired) electrons. The van der Waals surface area contributed by atoms with Crippen molar-refractivity contribution in [1.82, 2.24) is 9.62 Å². The van der Waals surface area contributed by atoms with Gasteiger partial charge in [-0.25, -0.2) is 8.42 Å². The van der Waals surface area contributed by atoms with Crippen LogP contribution >= 0.6 is 0 Å². The lowest BCUT2D eigenvalue weighted by molar-refractivity contribution is -0.385. The Labute approximate surface area is 151 Å². The topological polar surface area (TPSA) is 110 Å². The zero-order valence-corrected chi connectivity index (χ0v) is 15.4. The summed E-state index contributed by atoms with van der Waals surface area (Å²) in [5, 5.41) is 13.5. The first-order valence-corrected chi connectivity index (χ1v) is 9.14. The number of hydrogen-bond acceptors (Lipinski definition) is 5. The van der Waals surface area contributed by atoms with Crippen molar-refractivity contribution in [3.05, 3.63) is 69.3 Å². The SMILES string of the molecule is CNC(=O)c1ccc(CN(C)S(=O)(=O)c2cccc([N+](=O)[O-])c2C)cc1. The van der Waals surface area contributed by atoms with Gasteiger partial charge in [-0.1, -0.05) is 18.2 Å². The van der Waals surface area contributed by atoms with Crippen LogP contribution in [0.5, 0.6) is 0 Å². The monoisotopic (exact) mass is 377 g/mol. The van der Waals surface area contributed by atoms with Gasteiger partial charge in [0.05, 0.1) is 9.82 Å². The summed E-state index contributed by atoms with van der Waals surface area (Å²) in [5.74, 6) is -0.232.